The van der Waals surface area contributed by atoms with Crippen molar-refractivity contribution in [3.05, 3.63) is 0 Å². The van der Waals surface area contributed by atoms with Crippen LogP contribution in [0.1, 0.15) is 44.9 Å². The van der Waals surface area contributed by atoms with E-state index in [1.807, 2.05) is 4.90 Å². The van der Waals surface area contributed by atoms with Crippen molar-refractivity contribution >= 4 is 24.2 Å². The molecule has 6 heteroatoms. The molecule has 2 atom stereocenters. The minimum absolute atomic E-state index is 0. The lowest BCUT2D eigenvalue weighted by molar-refractivity contribution is -0.130. The van der Waals surface area contributed by atoms with Gasteiger partial charge in [-0.25, -0.2) is 0 Å². The van der Waals surface area contributed by atoms with E-state index in [0.29, 0.717) is 24.9 Å². The van der Waals surface area contributed by atoms with Gasteiger partial charge in [-0.05, 0) is 44.7 Å². The number of amides is 2. The third-order valence-corrected chi connectivity index (χ3v) is 5.26. The molecule has 0 spiro atoms. The van der Waals surface area contributed by atoms with Gasteiger partial charge in [0, 0.05) is 25.6 Å². The summed E-state index contributed by atoms with van der Waals surface area (Å²) in [6, 6.07) is 0.401. The van der Waals surface area contributed by atoms with Crippen LogP contribution in [0.3, 0.4) is 0 Å². The number of carbonyl (C=O) groups excluding carboxylic acids is 2. The third kappa shape index (κ3) is 4.13. The van der Waals surface area contributed by atoms with Gasteiger partial charge in [0.1, 0.15) is 0 Å². The third-order valence-electron chi connectivity index (χ3n) is 5.26. The Labute approximate surface area is 139 Å². The first-order chi connectivity index (χ1) is 10.2. The normalized spacial score (nSPS) is 29.5. The summed E-state index contributed by atoms with van der Waals surface area (Å²) in [5, 5.41) is 6.43. The number of likely N-dealkylation sites (tertiary alicyclic amines) is 1. The minimum Gasteiger partial charge on any atom is -0.355 e. The zero-order valence-electron chi connectivity index (χ0n) is 13.2. The van der Waals surface area contributed by atoms with E-state index in [9.17, 15) is 9.59 Å². The molecule has 0 aromatic heterocycles. The molecule has 5 nitrogen and oxygen atoms in total. The van der Waals surface area contributed by atoms with Gasteiger partial charge in [0.25, 0.3) is 0 Å². The molecule has 3 fully saturated rings. The molecule has 0 aromatic rings. The summed E-state index contributed by atoms with van der Waals surface area (Å²) in [5.74, 6) is 0.677. The van der Waals surface area contributed by atoms with Gasteiger partial charge in [0.2, 0.25) is 11.8 Å². The molecule has 0 radical (unpaired) electrons. The van der Waals surface area contributed by atoms with Crippen molar-refractivity contribution in [1.82, 2.24) is 15.5 Å². The Bertz CT molecular complexity index is 393. The van der Waals surface area contributed by atoms with Crippen molar-refractivity contribution in [3.8, 4) is 0 Å². The first kappa shape index (κ1) is 17.5. The molecule has 0 aromatic carbocycles. The van der Waals surface area contributed by atoms with Crippen molar-refractivity contribution in [2.24, 2.45) is 11.8 Å². The molecule has 2 N–H and O–H groups in total. The molecule has 2 saturated heterocycles. The number of carbonyl (C=O) groups is 2. The van der Waals surface area contributed by atoms with E-state index < -0.39 is 0 Å². The SMILES string of the molecule is Cl.O=C(NCC1CCCNC1)C1CC(=O)N(C2CCCC2)C1. The van der Waals surface area contributed by atoms with Crippen LogP contribution >= 0.6 is 12.4 Å². The molecule has 3 rings (SSSR count). The summed E-state index contributed by atoms with van der Waals surface area (Å²) in [4.78, 5) is 26.4. The first-order valence-corrected chi connectivity index (χ1v) is 8.52. The number of nitrogens with one attached hydrogen (secondary N) is 2. The van der Waals surface area contributed by atoms with Crippen LogP contribution in [0.5, 0.6) is 0 Å². The molecule has 3 aliphatic rings. The Hall–Kier alpha value is -0.810. The second-order valence-electron chi connectivity index (χ2n) is 6.84. The van der Waals surface area contributed by atoms with Gasteiger partial charge in [-0.15, -0.1) is 12.4 Å². The summed E-state index contributed by atoms with van der Waals surface area (Å²) < 4.78 is 0. The first-order valence-electron chi connectivity index (χ1n) is 8.52. The van der Waals surface area contributed by atoms with Gasteiger partial charge < -0.3 is 15.5 Å². The van der Waals surface area contributed by atoms with Crippen molar-refractivity contribution in [1.29, 1.82) is 0 Å². The van der Waals surface area contributed by atoms with Crippen molar-refractivity contribution in [3.63, 3.8) is 0 Å². The highest BCUT2D eigenvalue weighted by Crippen LogP contribution is 2.29. The van der Waals surface area contributed by atoms with E-state index in [1.165, 1.54) is 25.7 Å². The van der Waals surface area contributed by atoms with Crippen LogP contribution in [0, 0.1) is 11.8 Å². The van der Waals surface area contributed by atoms with E-state index in [-0.39, 0.29) is 30.1 Å². The average molecular weight is 330 g/mol. The zero-order chi connectivity index (χ0) is 14.7. The second-order valence-corrected chi connectivity index (χ2v) is 6.84. The predicted octanol–water partition coefficient (Wildman–Crippen LogP) is 1.32. The summed E-state index contributed by atoms with van der Waals surface area (Å²) >= 11 is 0. The van der Waals surface area contributed by atoms with E-state index in [2.05, 4.69) is 10.6 Å². The van der Waals surface area contributed by atoms with Gasteiger partial charge in [0.15, 0.2) is 0 Å². The molecule has 22 heavy (non-hydrogen) atoms. The van der Waals surface area contributed by atoms with E-state index in [1.54, 1.807) is 0 Å². The average Bonchev–Trinajstić information content (AvgIpc) is 3.15. The highest BCUT2D eigenvalue weighted by Gasteiger charge is 2.38. The number of rotatable bonds is 4. The fourth-order valence-electron chi connectivity index (χ4n) is 3.96. The Morgan fingerprint density at radius 2 is 2.00 bits per heavy atom. The molecular formula is C16H28ClN3O2. The molecule has 1 saturated carbocycles. The minimum atomic E-state index is -0.130. The maximum absolute atomic E-state index is 12.3. The van der Waals surface area contributed by atoms with Crippen LogP contribution < -0.4 is 10.6 Å². The topological polar surface area (TPSA) is 61.4 Å². The molecule has 126 valence electrons. The number of hydrogen-bond acceptors (Lipinski definition) is 3. The zero-order valence-corrected chi connectivity index (χ0v) is 14.0. The van der Waals surface area contributed by atoms with Gasteiger partial charge in [-0.2, -0.15) is 0 Å². The molecule has 2 aliphatic heterocycles. The van der Waals surface area contributed by atoms with Crippen LogP contribution in [0.2, 0.25) is 0 Å². The smallest absolute Gasteiger partial charge is 0.225 e. The fraction of sp³-hybridized carbons (Fsp3) is 0.875. The van der Waals surface area contributed by atoms with Crippen LogP contribution in [-0.2, 0) is 9.59 Å². The fourth-order valence-corrected chi connectivity index (χ4v) is 3.96. The number of piperidine rings is 1. The lowest BCUT2D eigenvalue weighted by atomic mass is 9.99. The van der Waals surface area contributed by atoms with Gasteiger partial charge >= 0.3 is 0 Å². The van der Waals surface area contributed by atoms with E-state index >= 15 is 0 Å². The largest absolute Gasteiger partial charge is 0.355 e. The summed E-state index contributed by atoms with van der Waals surface area (Å²) in [7, 11) is 0. The highest BCUT2D eigenvalue weighted by atomic mass is 35.5. The van der Waals surface area contributed by atoms with Crippen molar-refractivity contribution < 1.29 is 9.59 Å². The number of hydrogen-bond donors (Lipinski definition) is 2. The summed E-state index contributed by atoms with van der Waals surface area (Å²) in [5.41, 5.74) is 0. The standard InChI is InChI=1S/C16H27N3O2.ClH/c20-15-8-13(11-19(15)14-5-1-2-6-14)16(21)18-10-12-4-3-7-17-9-12;/h12-14,17H,1-11H2,(H,18,21);1H. The summed E-state index contributed by atoms with van der Waals surface area (Å²) in [6.45, 7) is 3.48. The Balaban J connectivity index is 0.00000176. The lowest BCUT2D eigenvalue weighted by Crippen LogP contribution is -2.41. The number of halogens is 1. The maximum atomic E-state index is 12.3. The molecular weight excluding hydrogens is 302 g/mol. The number of nitrogens with zero attached hydrogens (tertiary/aromatic N) is 1. The van der Waals surface area contributed by atoms with Gasteiger partial charge in [-0.1, -0.05) is 12.8 Å². The molecule has 2 amide bonds. The molecule has 0 bridgehead atoms. The van der Waals surface area contributed by atoms with Crippen LogP contribution in [-0.4, -0.2) is 48.9 Å². The van der Waals surface area contributed by atoms with Crippen molar-refractivity contribution in [2.45, 2.75) is 51.0 Å². The van der Waals surface area contributed by atoms with Crippen LogP contribution in [0.4, 0.5) is 0 Å². The van der Waals surface area contributed by atoms with Crippen molar-refractivity contribution in [2.75, 3.05) is 26.2 Å². The van der Waals surface area contributed by atoms with E-state index in [4.69, 9.17) is 0 Å². The van der Waals surface area contributed by atoms with Gasteiger partial charge in [-0.3, -0.25) is 9.59 Å². The Morgan fingerprint density at radius 1 is 1.23 bits per heavy atom. The summed E-state index contributed by atoms with van der Waals surface area (Å²) in [6.07, 6.45) is 7.47. The van der Waals surface area contributed by atoms with E-state index in [0.717, 1.165) is 32.5 Å². The monoisotopic (exact) mass is 329 g/mol. The predicted molar refractivity (Wildman–Crippen MR) is 87.9 cm³/mol. The van der Waals surface area contributed by atoms with Crippen LogP contribution in [0.15, 0.2) is 0 Å². The van der Waals surface area contributed by atoms with Crippen LogP contribution in [0.25, 0.3) is 0 Å². The van der Waals surface area contributed by atoms with Gasteiger partial charge in [0.05, 0.1) is 5.92 Å². The molecule has 2 unspecified atom stereocenters. The Morgan fingerprint density at radius 3 is 2.68 bits per heavy atom. The quantitative estimate of drug-likeness (QED) is 0.817. The lowest BCUT2D eigenvalue weighted by Gasteiger charge is -2.25. The second kappa shape index (κ2) is 8.16. The molecule has 2 heterocycles. The highest BCUT2D eigenvalue weighted by molar-refractivity contribution is 5.89. The maximum Gasteiger partial charge on any atom is 0.225 e. The molecule has 1 aliphatic carbocycles. The Kier molecular flexibility index (Phi) is 6.50.